The van der Waals surface area contributed by atoms with E-state index in [0.717, 1.165) is 0 Å². The Morgan fingerprint density at radius 1 is 0.386 bits per heavy atom. The molecule has 1 aromatic carbocycles. The first kappa shape index (κ1) is 120. The molecule has 3 rings (SSSR count). The van der Waals surface area contributed by atoms with Crippen molar-refractivity contribution in [2.45, 2.75) is 290 Å². The molecule has 0 bridgehead atoms. The fourth-order valence-corrected chi connectivity index (χ4v) is 13.6. The van der Waals surface area contributed by atoms with Gasteiger partial charge in [-0.15, -0.1) is 0 Å². The van der Waals surface area contributed by atoms with E-state index >= 15 is 0 Å². The number of carboxylic acid groups (broad SMARTS) is 1. The first-order chi connectivity index (χ1) is 65.6. The highest BCUT2D eigenvalue weighted by molar-refractivity contribution is 6.02. The minimum Gasteiger partial charge on any atom is -0.508 e. The number of aromatic amines is 2. The number of nitrogens with one attached hydrogen (secondary N) is 20. The van der Waals surface area contributed by atoms with Crippen molar-refractivity contribution in [2.24, 2.45) is 63.3 Å². The van der Waals surface area contributed by atoms with Crippen LogP contribution in [-0.4, -0.2) is 294 Å². The number of aliphatic carboxylic acids is 1. The van der Waals surface area contributed by atoms with Crippen molar-refractivity contribution in [3.63, 3.8) is 0 Å². The average molecular weight is 1980 g/mol. The van der Waals surface area contributed by atoms with Crippen molar-refractivity contribution in [1.29, 1.82) is 0 Å². The molecule has 3 aromatic rings. The summed E-state index contributed by atoms with van der Waals surface area (Å²) in [5, 5.41) is 74.4. The fourth-order valence-electron chi connectivity index (χ4n) is 13.6. The van der Waals surface area contributed by atoms with Crippen LogP contribution in [0.4, 0.5) is 0 Å². The van der Waals surface area contributed by atoms with E-state index in [1.165, 1.54) is 83.9 Å². The summed E-state index contributed by atoms with van der Waals surface area (Å²) in [5.41, 5.74) is 28.7. The Hall–Kier alpha value is -14.5. The summed E-state index contributed by atoms with van der Waals surface area (Å²) in [6.07, 6.45) is 1.56. The van der Waals surface area contributed by atoms with E-state index in [1.54, 1.807) is 69.2 Å². The molecule has 2 aromatic heterocycles. The number of carbonyl (C=O) groups is 21. The maximum absolute atomic E-state index is 14.6. The zero-order chi connectivity index (χ0) is 106. The molecule has 0 spiro atoms. The summed E-state index contributed by atoms with van der Waals surface area (Å²) in [4.78, 5) is 302. The van der Waals surface area contributed by atoms with Crippen LogP contribution < -0.4 is 124 Å². The highest BCUT2D eigenvalue weighted by Crippen LogP contribution is 2.18. The van der Waals surface area contributed by atoms with Crippen molar-refractivity contribution < 1.29 is 116 Å². The predicted molar refractivity (Wildman–Crippen MR) is 504 cm³/mol. The number of amides is 20. The van der Waals surface area contributed by atoms with Crippen LogP contribution >= 0.6 is 0 Å². The van der Waals surface area contributed by atoms with Crippen molar-refractivity contribution in [2.75, 3.05) is 26.2 Å². The number of hydrogen-bond donors (Lipinski definition) is 28. The number of hydrogen-bond acceptors (Lipinski definition) is 27. The number of phenolic OH excluding ortho intramolecular Hbond substituents is 1. The average Bonchev–Trinajstić information content (AvgIpc) is 0.980. The summed E-state index contributed by atoms with van der Waals surface area (Å²) in [6, 6.07) is -17.6. The van der Waals surface area contributed by atoms with Crippen molar-refractivity contribution in [3.8, 4) is 5.75 Å². The van der Waals surface area contributed by atoms with Gasteiger partial charge in [-0.1, -0.05) is 87.8 Å². The Bertz CT molecular complexity index is 4720. The van der Waals surface area contributed by atoms with Crippen LogP contribution in [0.1, 0.15) is 185 Å². The van der Waals surface area contributed by atoms with E-state index in [1.807, 2.05) is 0 Å². The number of aliphatic hydroxyl groups excluding tert-OH is 1. The first-order valence-corrected chi connectivity index (χ1v) is 46.0. The largest absolute Gasteiger partial charge is 0.508 e. The normalized spacial score (nSPS) is 15.0. The van der Waals surface area contributed by atoms with E-state index < -0.39 is 272 Å². The quantitative estimate of drug-likeness (QED) is 0.0142. The summed E-state index contributed by atoms with van der Waals surface area (Å²) in [7, 11) is 0. The van der Waals surface area contributed by atoms with Gasteiger partial charge in [-0.25, -0.2) is 9.97 Å². The van der Waals surface area contributed by atoms with Gasteiger partial charge in [0.25, 0.3) is 0 Å². The molecule has 0 aliphatic carbocycles. The molecule has 2 heterocycles. The molecule has 140 heavy (non-hydrogen) atoms. The van der Waals surface area contributed by atoms with Crippen LogP contribution in [0.2, 0.25) is 0 Å². The molecule has 0 aliphatic rings. The topological polar surface area (TPSA) is 836 Å². The van der Waals surface area contributed by atoms with Crippen LogP contribution in [0.15, 0.2) is 54.3 Å². The zero-order valence-corrected chi connectivity index (χ0v) is 81.5. The summed E-state index contributed by atoms with van der Waals surface area (Å²) in [6.45, 7) is 21.1. The third-order valence-electron chi connectivity index (χ3n) is 21.4. The summed E-state index contributed by atoms with van der Waals surface area (Å²) < 4.78 is 0. The minimum atomic E-state index is -1.83. The number of aromatic hydroxyl groups is 1. The minimum absolute atomic E-state index is 0.0648. The fraction of sp³-hybridized carbons (Fsp3) is 0.614. The van der Waals surface area contributed by atoms with Gasteiger partial charge in [0, 0.05) is 44.6 Å². The number of aliphatic imine (C=N–C) groups is 1. The Kier molecular flexibility index (Phi) is 51.5. The molecule has 0 fully saturated rings. The van der Waals surface area contributed by atoms with Gasteiger partial charge in [-0.2, -0.15) is 0 Å². The number of guanidine groups is 1. The second kappa shape index (κ2) is 60.3. The lowest BCUT2D eigenvalue weighted by Crippen LogP contribution is -2.60. The maximum atomic E-state index is 14.6. The summed E-state index contributed by atoms with van der Waals surface area (Å²) in [5.74, 6) is -22.3. The van der Waals surface area contributed by atoms with Gasteiger partial charge in [-0.3, -0.25) is 106 Å². The van der Waals surface area contributed by atoms with Crippen molar-refractivity contribution in [3.05, 3.63) is 66.3 Å². The number of nitrogens with zero attached hydrogens (tertiary/aromatic N) is 3. The van der Waals surface area contributed by atoms with Crippen LogP contribution in [0.3, 0.4) is 0 Å². The number of imidazole rings is 2. The number of rotatable bonds is 63. The summed E-state index contributed by atoms with van der Waals surface area (Å²) >= 11 is 0. The Balaban J connectivity index is 1.71. The molecule has 18 atom stereocenters. The molecular weight excluding hydrogens is 1830 g/mol. The number of primary amides is 2. The van der Waals surface area contributed by atoms with Gasteiger partial charge in [0.1, 0.15) is 96.4 Å². The van der Waals surface area contributed by atoms with Gasteiger partial charge >= 0.3 is 5.97 Å². The molecular formula is C88H142N28O24. The number of benzene rings is 1. The zero-order valence-electron chi connectivity index (χ0n) is 81.5. The molecule has 52 heteroatoms. The monoisotopic (exact) mass is 1980 g/mol. The number of phenols is 1. The van der Waals surface area contributed by atoms with Crippen LogP contribution in [0.25, 0.3) is 0 Å². The highest BCUT2D eigenvalue weighted by Gasteiger charge is 2.40. The molecule has 0 saturated carbocycles. The van der Waals surface area contributed by atoms with E-state index in [9.17, 15) is 116 Å². The Labute approximate surface area is 809 Å². The van der Waals surface area contributed by atoms with Gasteiger partial charge < -0.3 is 150 Å². The molecule has 33 N–H and O–H groups in total. The number of carbonyl (C=O) groups excluding carboxylic acids is 20. The molecule has 52 nitrogen and oxygen atoms in total. The van der Waals surface area contributed by atoms with Crippen LogP contribution in [-0.2, 0) is 120 Å². The lowest BCUT2D eigenvalue weighted by Gasteiger charge is -2.29. The first-order valence-electron chi connectivity index (χ1n) is 46.0. The van der Waals surface area contributed by atoms with Crippen molar-refractivity contribution in [1.82, 2.24) is 116 Å². The smallest absolute Gasteiger partial charge is 0.303 e. The Morgan fingerprint density at radius 2 is 0.750 bits per heavy atom. The second-order valence-electron chi connectivity index (χ2n) is 35.9. The van der Waals surface area contributed by atoms with E-state index in [2.05, 4.69) is 121 Å². The number of nitrogens with two attached hydrogens (primary N) is 5. The third-order valence-corrected chi connectivity index (χ3v) is 21.4. The van der Waals surface area contributed by atoms with Gasteiger partial charge in [0.05, 0.1) is 62.2 Å². The molecule has 0 aliphatic heterocycles. The molecule has 0 saturated heterocycles. The third kappa shape index (κ3) is 45.2. The van der Waals surface area contributed by atoms with Crippen LogP contribution in [0, 0.1) is 29.6 Å². The molecule has 0 radical (unpaired) electrons. The molecule has 778 valence electrons. The highest BCUT2D eigenvalue weighted by atomic mass is 16.4. The maximum Gasteiger partial charge on any atom is 0.303 e. The van der Waals surface area contributed by atoms with Gasteiger partial charge in [0.2, 0.25) is 118 Å². The molecule has 20 amide bonds. The SMILES string of the molecule is CC[C@H](C)[C@H](NC(=O)CNC(=O)[C@H](C)NC(=O)[C@H](C)NC(=O)[C@H](Cc1c[nH]cn1)NC(=O)[C@H](CC(N)=O)NC(=O)CNC(=O)[C@H](C)NC(=O)CNC(=O)[C@H](Cc1c[nH]cn1)NC(=O)[C@H](CC(C)C)NC(=O)[C@H](CC(C)C)NC(=O)[C@H](CCC(=O)O)NC(=O)[C@H](Cc1ccc(O)cc1)NC(=O)[C@H](CC(C)C)NC(=O)[C@@H](N)CCCN=C(N)N)C(=O)N[C@@H](C)C(=O)N[C@H](C(=O)N[C@@H](CC(C)C)C(N)=O)[C@@H](C)O. The lowest BCUT2D eigenvalue weighted by atomic mass is 9.98. The van der Waals surface area contributed by atoms with E-state index in [0.29, 0.717) is 18.4 Å². The number of carboxylic acids is 1. The lowest BCUT2D eigenvalue weighted by molar-refractivity contribution is -0.139. The van der Waals surface area contributed by atoms with Gasteiger partial charge in [0.15, 0.2) is 5.96 Å². The van der Waals surface area contributed by atoms with E-state index in [4.69, 9.17) is 28.7 Å². The number of aromatic nitrogens is 4. The van der Waals surface area contributed by atoms with Gasteiger partial charge in [-0.05, 0) is 127 Å². The molecule has 0 unspecified atom stereocenters. The van der Waals surface area contributed by atoms with Crippen molar-refractivity contribution >= 4 is 130 Å². The second-order valence-corrected chi connectivity index (χ2v) is 35.9. The van der Waals surface area contributed by atoms with Crippen LogP contribution in [0.5, 0.6) is 5.75 Å². The standard InChI is InChI=1S/C88H142N28O24/c1-16-45(10)70(86(139)105-49(14)76(129)116-71(50(15)117)87(140)108-57(72(91)125)26-41(2)3)115-68(122)38-98-74(127)47(12)103-75(128)48(13)104-80(133)63(32-53-35-95-40-101-53)114-85(138)64(33-65(90)119)106-67(121)37-97-73(126)46(11)102-66(120)36-99-78(131)62(31-52-34-94-39-100-52)113-83(136)60(29-44(8)9)111-82(135)59(28-43(6)7)110-79(132)56(23-24-69(123)124)107-84(137)61(30-51-19-21-54(118)22-20-51)112-81(134)58(27-42(4)5)109-77(130)55(89)18-17-25-96-88(92)93/h19-22,34-35,39-50,55-64,70-71,117-118H,16-18,23-33,36-38,89H2,1-15H3,(H2,90,119)(H2,91,125)(H,94,100)(H,95,101)(H,97,126)(H,98,127)(H,99,131)(H,102,120)(H,103,128)(H,104,133)(H,105,139)(H,106,121)(H,107,137)(H,108,140)(H,109,130)(H,110,132)(H,111,135)(H,112,134)(H,113,136)(H,114,138)(H,115,122)(H,116,129)(H,123,124)(H4,92,93,96)/t45-,46-,47-,48-,49-,50+,55-,56-,57-,58-,59-,60-,61-,62-,63-,64-,70-,71-/m0/s1. The number of H-pyrrole nitrogens is 2. The Morgan fingerprint density at radius 3 is 1.19 bits per heavy atom. The van der Waals surface area contributed by atoms with E-state index in [-0.39, 0.29) is 105 Å². The predicted octanol–water partition coefficient (Wildman–Crippen LogP) is -8.22. The number of aliphatic hydroxyl groups is 1.